The number of piperidine rings is 1. The minimum atomic E-state index is -3.53. The molecule has 1 aliphatic rings. The molecule has 0 bridgehead atoms. The van der Waals surface area contributed by atoms with Crippen molar-refractivity contribution in [3.05, 3.63) is 46.6 Å². The van der Waals surface area contributed by atoms with Crippen molar-refractivity contribution in [2.75, 3.05) is 38.0 Å². The Bertz CT molecular complexity index is 1170. The quantitative estimate of drug-likeness (QED) is 0.198. The van der Waals surface area contributed by atoms with Gasteiger partial charge in [-0.15, -0.1) is 0 Å². The molecule has 0 atom stereocenters. The van der Waals surface area contributed by atoms with Crippen LogP contribution in [-0.4, -0.2) is 69.5 Å². The average molecular weight is 585 g/mol. The molecule has 3 N–H and O–H groups in total. The first-order valence-electron chi connectivity index (χ1n) is 13.0. The molecule has 2 rings (SSSR count). The summed E-state index contributed by atoms with van der Waals surface area (Å²) in [5.74, 6) is -0.492. The van der Waals surface area contributed by atoms with Gasteiger partial charge in [-0.05, 0) is 64.3 Å². The van der Waals surface area contributed by atoms with Crippen LogP contribution in [0.4, 0.5) is 10.5 Å². The number of halogens is 1. The Hall–Kier alpha value is -2.76. The van der Waals surface area contributed by atoms with E-state index < -0.39 is 21.3 Å². The second-order valence-electron chi connectivity index (χ2n) is 10.2. The van der Waals surface area contributed by atoms with Gasteiger partial charge in [0.15, 0.2) is 9.84 Å². The van der Waals surface area contributed by atoms with Crippen molar-refractivity contribution in [3.8, 4) is 0 Å². The second-order valence-corrected chi connectivity index (χ2v) is 12.9. The third kappa shape index (κ3) is 10.4. The van der Waals surface area contributed by atoms with E-state index >= 15 is 0 Å². The molecule has 0 aliphatic carbocycles. The number of hydrogen-bond acceptors (Lipinski definition) is 8. The standard InChI is InChI=1S/C27H41ClN4O6S/c1-7-19(25(33)31-30-23-17-20(28)10-12-24(23)39(35,36)8-2)9-11-22(18-37-6)29-21-13-15-32(16-14-21)26(34)38-27(3,4)5/h9-12,17,21,29-30H,7-8,13-16,18H2,1-6H3,(H,31,33)/b19-9+,22-11+. The molecule has 0 unspecified atom stereocenters. The van der Waals surface area contributed by atoms with E-state index in [1.807, 2.05) is 27.7 Å². The molecule has 1 aliphatic heterocycles. The number of carbonyl (C=O) groups is 2. The van der Waals surface area contributed by atoms with Crippen molar-refractivity contribution in [3.63, 3.8) is 0 Å². The van der Waals surface area contributed by atoms with Crippen molar-refractivity contribution >= 4 is 39.1 Å². The van der Waals surface area contributed by atoms with E-state index in [-0.39, 0.29) is 28.5 Å². The topological polar surface area (TPSA) is 126 Å². The summed E-state index contributed by atoms with van der Waals surface area (Å²) < 4.78 is 35.6. The molecule has 218 valence electrons. The summed E-state index contributed by atoms with van der Waals surface area (Å²) in [6.45, 7) is 10.4. The SMILES string of the molecule is CC/C(=C\C=C(/COC)NC1CCN(C(=O)OC(C)(C)C)CC1)C(=O)NNc1cc(Cl)ccc1S(=O)(=O)CC. The van der Waals surface area contributed by atoms with Crippen LogP contribution in [0.1, 0.15) is 53.9 Å². The third-order valence-electron chi connectivity index (χ3n) is 5.96. The Balaban J connectivity index is 2.05. The zero-order chi connectivity index (χ0) is 29.2. The lowest BCUT2D eigenvalue weighted by molar-refractivity contribution is -0.117. The first kappa shape index (κ1) is 32.5. The lowest BCUT2D eigenvalue weighted by atomic mass is 10.0. The first-order chi connectivity index (χ1) is 18.3. The minimum Gasteiger partial charge on any atom is -0.444 e. The molecule has 12 heteroatoms. The highest BCUT2D eigenvalue weighted by atomic mass is 35.5. The summed E-state index contributed by atoms with van der Waals surface area (Å²) in [6.07, 6.45) is 5.13. The Morgan fingerprint density at radius 3 is 2.38 bits per heavy atom. The molecule has 1 heterocycles. The molecule has 39 heavy (non-hydrogen) atoms. The number of nitrogens with one attached hydrogen (secondary N) is 3. The average Bonchev–Trinajstić information content (AvgIpc) is 2.87. The number of amides is 2. The van der Waals surface area contributed by atoms with Crippen molar-refractivity contribution in [1.29, 1.82) is 0 Å². The number of likely N-dealkylation sites (tertiary alicyclic amines) is 1. The van der Waals surface area contributed by atoms with E-state index in [1.165, 1.54) is 18.2 Å². The van der Waals surface area contributed by atoms with Crippen molar-refractivity contribution < 1.29 is 27.5 Å². The molecule has 10 nitrogen and oxygen atoms in total. The summed E-state index contributed by atoms with van der Waals surface area (Å²) in [6, 6.07) is 4.50. The zero-order valence-electron chi connectivity index (χ0n) is 23.6. The van der Waals surface area contributed by atoms with E-state index in [4.69, 9.17) is 21.1 Å². The number of benzene rings is 1. The summed E-state index contributed by atoms with van der Waals surface area (Å²) in [7, 11) is -1.93. The largest absolute Gasteiger partial charge is 0.444 e. The second kappa shape index (κ2) is 14.6. The zero-order valence-corrected chi connectivity index (χ0v) is 25.2. The Kier molecular flexibility index (Phi) is 12.1. The number of ether oxygens (including phenoxy) is 2. The molecule has 0 saturated carbocycles. The van der Waals surface area contributed by atoms with Crippen LogP contribution in [-0.2, 0) is 24.1 Å². The van der Waals surface area contributed by atoms with Gasteiger partial charge in [0.1, 0.15) is 5.60 Å². The van der Waals surface area contributed by atoms with Crippen LogP contribution < -0.4 is 16.2 Å². The predicted molar refractivity (Wildman–Crippen MR) is 153 cm³/mol. The van der Waals surface area contributed by atoms with Crippen LogP contribution in [0.25, 0.3) is 0 Å². The van der Waals surface area contributed by atoms with E-state index in [9.17, 15) is 18.0 Å². The van der Waals surface area contributed by atoms with Crippen LogP contribution >= 0.6 is 11.6 Å². The van der Waals surface area contributed by atoms with Gasteiger partial charge in [-0.2, -0.15) is 0 Å². The number of hydrogen-bond donors (Lipinski definition) is 3. The summed E-state index contributed by atoms with van der Waals surface area (Å²) in [5.41, 5.74) is 6.21. The lowest BCUT2D eigenvalue weighted by Gasteiger charge is -2.34. The summed E-state index contributed by atoms with van der Waals surface area (Å²) in [5, 5.41) is 3.80. The van der Waals surface area contributed by atoms with E-state index in [1.54, 1.807) is 31.1 Å². The van der Waals surface area contributed by atoms with Crippen LogP contribution in [0.3, 0.4) is 0 Å². The number of carbonyl (C=O) groups excluding carboxylic acids is 2. The van der Waals surface area contributed by atoms with Gasteiger partial charge in [0.25, 0.3) is 5.91 Å². The van der Waals surface area contributed by atoms with Crippen LogP contribution in [0.2, 0.25) is 5.02 Å². The Morgan fingerprint density at radius 1 is 1.15 bits per heavy atom. The van der Waals surface area contributed by atoms with Gasteiger partial charge in [0.2, 0.25) is 0 Å². The van der Waals surface area contributed by atoms with Gasteiger partial charge < -0.3 is 19.7 Å². The van der Waals surface area contributed by atoms with Gasteiger partial charge in [0, 0.05) is 42.5 Å². The number of methoxy groups -OCH3 is 1. The van der Waals surface area contributed by atoms with Crippen molar-refractivity contribution in [1.82, 2.24) is 15.6 Å². The maximum absolute atomic E-state index is 12.9. The van der Waals surface area contributed by atoms with Gasteiger partial charge in [0.05, 0.1) is 22.9 Å². The Morgan fingerprint density at radius 2 is 1.82 bits per heavy atom. The highest BCUT2D eigenvalue weighted by Crippen LogP contribution is 2.26. The van der Waals surface area contributed by atoms with E-state index in [0.717, 1.165) is 18.5 Å². The number of rotatable bonds is 11. The highest BCUT2D eigenvalue weighted by molar-refractivity contribution is 7.91. The fourth-order valence-electron chi connectivity index (χ4n) is 3.87. The van der Waals surface area contributed by atoms with Gasteiger partial charge in [-0.25, -0.2) is 13.2 Å². The van der Waals surface area contributed by atoms with Gasteiger partial charge in [-0.1, -0.05) is 31.5 Å². The van der Waals surface area contributed by atoms with E-state index in [2.05, 4.69) is 16.2 Å². The predicted octanol–water partition coefficient (Wildman–Crippen LogP) is 4.43. The molecule has 1 fully saturated rings. The first-order valence-corrected chi connectivity index (χ1v) is 15.0. The molecule has 1 aromatic carbocycles. The van der Waals surface area contributed by atoms with Crippen molar-refractivity contribution in [2.24, 2.45) is 0 Å². The van der Waals surface area contributed by atoms with Gasteiger partial charge >= 0.3 is 6.09 Å². The van der Waals surface area contributed by atoms with Crippen molar-refractivity contribution in [2.45, 2.75) is 70.4 Å². The molecule has 0 radical (unpaired) electrons. The number of nitrogens with zero attached hydrogens (tertiary/aromatic N) is 1. The normalized spacial score (nSPS) is 15.6. The molecule has 0 aromatic heterocycles. The van der Waals surface area contributed by atoms with Crippen LogP contribution in [0.5, 0.6) is 0 Å². The van der Waals surface area contributed by atoms with Crippen LogP contribution in [0.15, 0.2) is 46.5 Å². The maximum atomic E-state index is 12.9. The minimum absolute atomic E-state index is 0.0564. The molecular formula is C27H41ClN4O6S. The summed E-state index contributed by atoms with van der Waals surface area (Å²) in [4.78, 5) is 27.0. The molecule has 1 saturated heterocycles. The lowest BCUT2D eigenvalue weighted by Crippen LogP contribution is -2.46. The number of sulfone groups is 1. The van der Waals surface area contributed by atoms with Crippen LogP contribution in [0, 0.1) is 0 Å². The smallest absolute Gasteiger partial charge is 0.410 e. The molecular weight excluding hydrogens is 544 g/mol. The fraction of sp³-hybridized carbons (Fsp3) is 0.556. The molecule has 0 spiro atoms. The number of hydrazine groups is 1. The third-order valence-corrected chi connectivity index (χ3v) is 7.98. The maximum Gasteiger partial charge on any atom is 0.410 e. The number of anilines is 1. The molecule has 1 aromatic rings. The Labute approximate surface area is 237 Å². The highest BCUT2D eigenvalue weighted by Gasteiger charge is 2.27. The molecule has 2 amide bonds. The monoisotopic (exact) mass is 584 g/mol. The fourth-order valence-corrected chi connectivity index (χ4v) is 5.08. The summed E-state index contributed by atoms with van der Waals surface area (Å²) >= 11 is 6.05. The number of allylic oxidation sites excluding steroid dienone is 2. The van der Waals surface area contributed by atoms with E-state index in [0.29, 0.717) is 36.7 Å². The van der Waals surface area contributed by atoms with Gasteiger partial charge in [-0.3, -0.25) is 15.6 Å².